The molecule has 0 spiro atoms. The van der Waals surface area contributed by atoms with Gasteiger partial charge in [-0.15, -0.1) is 0 Å². The largest absolute Gasteiger partial charge is 0.507 e. The molecule has 5 atom stereocenters. The molecule has 240 valence electrons. The molecule has 8 N–H and O–H groups in total. The minimum atomic E-state index is -2.48. The van der Waals surface area contributed by atoms with Crippen LogP contribution in [0.15, 0.2) is 48.5 Å². The van der Waals surface area contributed by atoms with Gasteiger partial charge in [-0.25, -0.2) is 0 Å². The Kier molecular flexibility index (Phi) is 6.62. The van der Waals surface area contributed by atoms with Crippen LogP contribution in [0.1, 0.15) is 70.0 Å². The summed E-state index contributed by atoms with van der Waals surface area (Å²) in [6.07, 6.45) is -6.85. The van der Waals surface area contributed by atoms with Gasteiger partial charge in [0, 0.05) is 33.4 Å². The topological polar surface area (TPSA) is 222 Å². The highest BCUT2D eigenvalue weighted by molar-refractivity contribution is 6.32. The number of hydrogen-bond donors (Lipinski definition) is 8. The number of carbonyl (C=O) groups excluding carboxylic acids is 3. The number of phenols is 4. The number of aliphatic hydroxyl groups excluding tert-OH is 3. The molecule has 3 aliphatic rings. The van der Waals surface area contributed by atoms with Crippen molar-refractivity contribution in [3.05, 3.63) is 104 Å². The van der Waals surface area contributed by atoms with E-state index in [9.17, 15) is 55.2 Å². The molecular formula is C35H28O12. The number of rotatable bonds is 2. The molecule has 0 unspecified atom stereocenters. The van der Waals surface area contributed by atoms with Gasteiger partial charge in [0.1, 0.15) is 53.0 Å². The van der Waals surface area contributed by atoms with Crippen LogP contribution in [-0.2, 0) is 10.3 Å². The molecule has 47 heavy (non-hydrogen) atoms. The van der Waals surface area contributed by atoms with Gasteiger partial charge in [0.2, 0.25) is 11.6 Å². The summed E-state index contributed by atoms with van der Waals surface area (Å²) in [5.41, 5.74) is -4.55. The predicted molar refractivity (Wildman–Crippen MR) is 162 cm³/mol. The lowest BCUT2D eigenvalue weighted by Gasteiger charge is -2.47. The van der Waals surface area contributed by atoms with Crippen LogP contribution in [0.2, 0.25) is 0 Å². The summed E-state index contributed by atoms with van der Waals surface area (Å²) in [5, 5.41) is 88.3. The van der Waals surface area contributed by atoms with Crippen LogP contribution >= 0.6 is 0 Å². The molecule has 0 amide bonds. The van der Waals surface area contributed by atoms with Crippen molar-refractivity contribution in [1.82, 2.24) is 0 Å². The molecule has 4 aromatic carbocycles. The second-order valence-corrected chi connectivity index (χ2v) is 12.2. The van der Waals surface area contributed by atoms with E-state index in [-0.39, 0.29) is 44.5 Å². The number of aryl methyl sites for hydroxylation is 2. The molecule has 2 aliphatic carbocycles. The first-order chi connectivity index (χ1) is 22.2. The van der Waals surface area contributed by atoms with E-state index in [1.165, 1.54) is 55.5 Å². The van der Waals surface area contributed by atoms with Crippen LogP contribution in [0, 0.1) is 13.8 Å². The lowest BCUT2D eigenvalue weighted by atomic mass is 9.67. The van der Waals surface area contributed by atoms with Crippen molar-refractivity contribution < 1.29 is 60.0 Å². The Morgan fingerprint density at radius 1 is 0.660 bits per heavy atom. The van der Waals surface area contributed by atoms with E-state index in [1.807, 2.05) is 0 Å². The number of ketones is 3. The maximum atomic E-state index is 14.1. The molecule has 1 saturated heterocycles. The van der Waals surface area contributed by atoms with E-state index in [0.29, 0.717) is 5.56 Å². The van der Waals surface area contributed by atoms with E-state index in [2.05, 4.69) is 0 Å². The summed E-state index contributed by atoms with van der Waals surface area (Å²) in [7, 11) is 0. The quantitative estimate of drug-likeness (QED) is 0.138. The number of aromatic hydroxyl groups is 4. The van der Waals surface area contributed by atoms with Crippen molar-refractivity contribution in [3.63, 3.8) is 0 Å². The van der Waals surface area contributed by atoms with E-state index in [4.69, 9.17) is 4.74 Å². The first-order valence-corrected chi connectivity index (χ1v) is 14.6. The highest BCUT2D eigenvalue weighted by Crippen LogP contribution is 2.53. The van der Waals surface area contributed by atoms with E-state index in [0.717, 1.165) is 0 Å². The van der Waals surface area contributed by atoms with Gasteiger partial charge in [-0.05, 0) is 43.2 Å². The smallest absolute Gasteiger partial charge is 0.201 e. The molecule has 0 aromatic heterocycles. The molecular weight excluding hydrogens is 612 g/mol. The first kappa shape index (κ1) is 30.5. The Bertz CT molecular complexity index is 2100. The molecule has 12 heteroatoms. The van der Waals surface area contributed by atoms with Gasteiger partial charge >= 0.3 is 0 Å². The van der Waals surface area contributed by atoms with Crippen molar-refractivity contribution in [1.29, 1.82) is 0 Å². The Labute approximate surface area is 266 Å². The van der Waals surface area contributed by atoms with Crippen molar-refractivity contribution in [2.24, 2.45) is 0 Å². The second kappa shape index (κ2) is 10.2. The summed E-state index contributed by atoms with van der Waals surface area (Å²) in [5.74, 6) is -4.84. The molecule has 0 radical (unpaired) electrons. The third-order valence-electron chi connectivity index (χ3n) is 9.37. The summed E-state index contributed by atoms with van der Waals surface area (Å²) < 4.78 is 5.66. The number of fused-ring (bicyclic) bond motifs is 4. The number of ether oxygens (including phenoxy) is 1. The zero-order valence-electron chi connectivity index (χ0n) is 24.8. The van der Waals surface area contributed by atoms with Gasteiger partial charge in [-0.1, -0.05) is 30.3 Å². The fourth-order valence-electron chi connectivity index (χ4n) is 7.23. The number of phenolic OH excluding ortho intramolecular Hbond substituents is 4. The SMILES string of the molecule is Cc1cc(O)c2c(c1)[C@@](O)([C@@H]1OC[C@@H](O)[C@H](O)[C@H]1O)c1ccc(-c3c(C)cc(O)c4c3C(=O)c3cccc(O)c3C4=O)c(O)c1C2=O. The van der Waals surface area contributed by atoms with Gasteiger partial charge in [0.15, 0.2) is 5.78 Å². The van der Waals surface area contributed by atoms with Crippen LogP contribution in [-0.4, -0.2) is 89.2 Å². The molecule has 0 bridgehead atoms. The average molecular weight is 641 g/mol. The van der Waals surface area contributed by atoms with Gasteiger partial charge < -0.3 is 45.6 Å². The van der Waals surface area contributed by atoms with Crippen LogP contribution in [0.4, 0.5) is 0 Å². The Hall–Kier alpha value is -5.11. The number of benzene rings is 4. The molecule has 12 nitrogen and oxygen atoms in total. The maximum Gasteiger partial charge on any atom is 0.201 e. The highest BCUT2D eigenvalue weighted by Gasteiger charge is 2.56. The summed E-state index contributed by atoms with van der Waals surface area (Å²) in [6.45, 7) is 2.59. The fourth-order valence-corrected chi connectivity index (χ4v) is 7.23. The predicted octanol–water partition coefficient (Wildman–Crippen LogP) is 1.83. The zero-order valence-corrected chi connectivity index (χ0v) is 24.8. The van der Waals surface area contributed by atoms with E-state index < -0.39 is 93.7 Å². The summed E-state index contributed by atoms with van der Waals surface area (Å²) in [4.78, 5) is 41.7. The maximum absolute atomic E-state index is 14.1. The second-order valence-electron chi connectivity index (χ2n) is 12.2. The number of hydrogen-bond acceptors (Lipinski definition) is 12. The van der Waals surface area contributed by atoms with Crippen molar-refractivity contribution in [2.75, 3.05) is 6.61 Å². The van der Waals surface area contributed by atoms with Crippen LogP contribution < -0.4 is 0 Å². The van der Waals surface area contributed by atoms with Crippen molar-refractivity contribution in [2.45, 2.75) is 43.9 Å². The third-order valence-corrected chi connectivity index (χ3v) is 9.37. The zero-order chi connectivity index (χ0) is 33.9. The minimum absolute atomic E-state index is 0.0202. The normalized spacial score (nSPS) is 24.8. The van der Waals surface area contributed by atoms with E-state index in [1.54, 1.807) is 6.92 Å². The van der Waals surface area contributed by atoms with Gasteiger partial charge in [-0.2, -0.15) is 0 Å². The van der Waals surface area contributed by atoms with Crippen molar-refractivity contribution in [3.8, 4) is 34.1 Å². The molecule has 1 heterocycles. The molecule has 7 rings (SSSR count). The average Bonchev–Trinajstić information content (AvgIpc) is 3.01. The lowest BCUT2D eigenvalue weighted by Crippen LogP contribution is -2.61. The third kappa shape index (κ3) is 3.96. The molecule has 1 aliphatic heterocycles. The van der Waals surface area contributed by atoms with Crippen LogP contribution in [0.25, 0.3) is 11.1 Å². The molecule has 4 aromatic rings. The van der Waals surface area contributed by atoms with E-state index >= 15 is 0 Å². The van der Waals surface area contributed by atoms with Gasteiger partial charge in [-0.3, -0.25) is 14.4 Å². The van der Waals surface area contributed by atoms with Crippen LogP contribution in [0.5, 0.6) is 23.0 Å². The molecule has 0 saturated carbocycles. The number of aliphatic hydroxyl groups is 4. The summed E-state index contributed by atoms with van der Waals surface area (Å²) >= 11 is 0. The standard InChI is InChI=1S/C35H28O12/c1-12-8-17-24(19(37)9-12)32(44)25-16(35(17,46)34-33(45)30(42)21(39)11-47-34)7-6-15(28(25)40)22-13(2)10-20(38)26-27(22)29(41)14-4-3-5-18(36)23(14)31(26)43/h3-10,21,30,33-34,36-40,42,45-46H,11H2,1-2H3/t21-,30+,33-,34-,35-/m1/s1. The number of carbonyl (C=O) groups is 3. The fraction of sp³-hybridized carbons (Fsp3) is 0.229. The van der Waals surface area contributed by atoms with Crippen LogP contribution in [0.3, 0.4) is 0 Å². The Balaban J connectivity index is 1.52. The first-order valence-electron chi connectivity index (χ1n) is 14.6. The minimum Gasteiger partial charge on any atom is -0.507 e. The monoisotopic (exact) mass is 640 g/mol. The van der Waals surface area contributed by atoms with Gasteiger partial charge in [0.25, 0.3) is 0 Å². The Morgan fingerprint density at radius 2 is 1.34 bits per heavy atom. The summed E-state index contributed by atoms with van der Waals surface area (Å²) in [6, 6.07) is 10.3. The molecule has 1 fully saturated rings. The lowest BCUT2D eigenvalue weighted by molar-refractivity contribution is -0.231. The highest BCUT2D eigenvalue weighted by atomic mass is 16.5. The Morgan fingerprint density at radius 3 is 2.06 bits per heavy atom. The van der Waals surface area contributed by atoms with Crippen molar-refractivity contribution >= 4 is 17.3 Å². The van der Waals surface area contributed by atoms with Gasteiger partial charge in [0.05, 0.1) is 28.9 Å².